The highest BCUT2D eigenvalue weighted by Crippen LogP contribution is 2.34. The molecule has 7 heteroatoms. The Bertz CT molecular complexity index is 1120. The first kappa shape index (κ1) is 22.8. The normalized spacial score (nSPS) is 10.5. The zero-order valence-electron chi connectivity index (χ0n) is 18.1. The van der Waals surface area contributed by atoms with E-state index in [0.29, 0.717) is 29.2 Å². The zero-order chi connectivity index (χ0) is 23.3. The number of phenols is 1. The number of rotatable bonds is 6. The Morgan fingerprint density at radius 3 is 2.28 bits per heavy atom. The molecule has 0 radical (unpaired) electrons. The molecule has 0 saturated carbocycles. The first-order chi connectivity index (χ1) is 15.3. The molecule has 0 atom stereocenters. The van der Waals surface area contributed by atoms with Crippen molar-refractivity contribution < 1.29 is 28.6 Å². The van der Waals surface area contributed by atoms with Crippen LogP contribution in [0.5, 0.6) is 17.2 Å². The Hall–Kier alpha value is -3.87. The fourth-order valence-corrected chi connectivity index (χ4v) is 3.27. The number of hydrogen-bond acceptors (Lipinski definition) is 5. The Kier molecular flexibility index (Phi) is 7.10. The van der Waals surface area contributed by atoms with E-state index < -0.39 is 11.9 Å². The highest BCUT2D eigenvalue weighted by molar-refractivity contribution is 6.37. The number of hydrogen-bond donors (Lipinski definition) is 2. The molecule has 0 unspecified atom stereocenters. The number of carbonyl (C=O) groups excluding carboxylic acids is 2. The van der Waals surface area contributed by atoms with Gasteiger partial charge < -0.3 is 19.9 Å². The Balaban J connectivity index is 1.78. The molecule has 1 amide bonds. The van der Waals surface area contributed by atoms with Crippen LogP contribution in [-0.2, 0) is 20.7 Å². The van der Waals surface area contributed by atoms with Crippen molar-refractivity contribution >= 4 is 17.6 Å². The molecule has 32 heavy (non-hydrogen) atoms. The summed E-state index contributed by atoms with van der Waals surface area (Å²) in [6.45, 7) is 5.39. The van der Waals surface area contributed by atoms with E-state index in [9.17, 15) is 19.1 Å². The van der Waals surface area contributed by atoms with Crippen molar-refractivity contribution in [3.63, 3.8) is 0 Å². The fraction of sp³-hybridized carbons (Fsp3) is 0.200. The number of phenolic OH excluding ortho intramolecular Hbond substituents is 1. The van der Waals surface area contributed by atoms with Gasteiger partial charge >= 0.3 is 11.9 Å². The summed E-state index contributed by atoms with van der Waals surface area (Å²) in [5.41, 5.74) is 3.44. The average molecular weight is 437 g/mol. The topological polar surface area (TPSA) is 84.9 Å². The first-order valence-electron chi connectivity index (χ1n) is 10.1. The van der Waals surface area contributed by atoms with Gasteiger partial charge in [0.2, 0.25) is 0 Å². The SMILES string of the molecule is CCOC(=O)C(=O)Nc1cc(C)c(Oc2ccc(O)c(Cc3ccc(F)cc3)c2)c(C)c1. The van der Waals surface area contributed by atoms with Crippen molar-refractivity contribution in [1.82, 2.24) is 0 Å². The van der Waals surface area contributed by atoms with Gasteiger partial charge in [0, 0.05) is 17.7 Å². The molecule has 2 N–H and O–H groups in total. The van der Waals surface area contributed by atoms with Gasteiger partial charge in [-0.15, -0.1) is 0 Å². The minimum absolute atomic E-state index is 0.118. The third kappa shape index (κ3) is 5.63. The molecule has 0 fully saturated rings. The van der Waals surface area contributed by atoms with E-state index in [4.69, 9.17) is 9.47 Å². The minimum Gasteiger partial charge on any atom is -0.508 e. The van der Waals surface area contributed by atoms with Crippen molar-refractivity contribution in [2.75, 3.05) is 11.9 Å². The Labute approximate surface area is 185 Å². The molecule has 166 valence electrons. The van der Waals surface area contributed by atoms with E-state index in [1.807, 2.05) is 13.8 Å². The second kappa shape index (κ2) is 9.96. The highest BCUT2D eigenvalue weighted by atomic mass is 19.1. The van der Waals surface area contributed by atoms with Crippen LogP contribution in [0.3, 0.4) is 0 Å². The molecule has 0 aliphatic heterocycles. The molecular formula is C25H24FNO5. The van der Waals surface area contributed by atoms with Crippen LogP contribution in [0.4, 0.5) is 10.1 Å². The monoisotopic (exact) mass is 437 g/mol. The van der Waals surface area contributed by atoms with E-state index >= 15 is 0 Å². The van der Waals surface area contributed by atoms with Gasteiger partial charge in [-0.1, -0.05) is 12.1 Å². The molecule has 0 saturated heterocycles. The van der Waals surface area contributed by atoms with Gasteiger partial charge in [0.25, 0.3) is 0 Å². The number of esters is 1. The second-order valence-corrected chi connectivity index (χ2v) is 7.31. The number of carbonyl (C=O) groups is 2. The lowest BCUT2D eigenvalue weighted by atomic mass is 10.0. The highest BCUT2D eigenvalue weighted by Gasteiger charge is 2.17. The van der Waals surface area contributed by atoms with Gasteiger partial charge in [0.15, 0.2) is 0 Å². The molecule has 0 spiro atoms. The summed E-state index contributed by atoms with van der Waals surface area (Å²) < 4.78 is 23.9. The van der Waals surface area contributed by atoms with Crippen molar-refractivity contribution in [2.24, 2.45) is 0 Å². The lowest BCUT2D eigenvalue weighted by Crippen LogP contribution is -2.25. The van der Waals surface area contributed by atoms with Crippen LogP contribution in [0, 0.1) is 19.7 Å². The Morgan fingerprint density at radius 1 is 1.00 bits per heavy atom. The van der Waals surface area contributed by atoms with Gasteiger partial charge in [-0.2, -0.15) is 0 Å². The quantitative estimate of drug-likeness (QED) is 0.417. The molecule has 3 rings (SSSR count). The van der Waals surface area contributed by atoms with Gasteiger partial charge in [-0.05, 0) is 79.9 Å². The number of halogens is 1. The summed E-state index contributed by atoms with van der Waals surface area (Å²) in [5.74, 6) is -0.869. The van der Waals surface area contributed by atoms with Gasteiger partial charge in [0.1, 0.15) is 23.1 Å². The number of ether oxygens (including phenoxy) is 2. The summed E-state index contributed by atoms with van der Waals surface area (Å²) in [7, 11) is 0. The predicted molar refractivity (Wildman–Crippen MR) is 119 cm³/mol. The Morgan fingerprint density at radius 2 is 1.66 bits per heavy atom. The largest absolute Gasteiger partial charge is 0.508 e. The summed E-state index contributed by atoms with van der Waals surface area (Å²) >= 11 is 0. The van der Waals surface area contributed by atoms with Gasteiger partial charge in [-0.25, -0.2) is 9.18 Å². The lowest BCUT2D eigenvalue weighted by Gasteiger charge is -2.15. The zero-order valence-corrected chi connectivity index (χ0v) is 18.1. The van der Waals surface area contributed by atoms with Crippen LogP contribution >= 0.6 is 0 Å². The fourth-order valence-electron chi connectivity index (χ4n) is 3.27. The number of aromatic hydroxyl groups is 1. The van der Waals surface area contributed by atoms with Crippen LogP contribution < -0.4 is 10.1 Å². The molecule has 0 aromatic heterocycles. The standard InChI is InChI=1S/C25H24FNO5/c1-4-31-25(30)24(29)27-20-11-15(2)23(16(3)12-20)32-21-9-10-22(28)18(14-21)13-17-5-7-19(26)8-6-17/h5-12,14,28H,4,13H2,1-3H3,(H,27,29). The molecule has 0 aliphatic rings. The van der Waals surface area contributed by atoms with Crippen LogP contribution in [-0.4, -0.2) is 23.6 Å². The maximum atomic E-state index is 13.1. The lowest BCUT2D eigenvalue weighted by molar-refractivity contribution is -0.152. The number of aryl methyl sites for hydroxylation is 2. The van der Waals surface area contributed by atoms with Gasteiger partial charge in [0.05, 0.1) is 6.61 Å². The van der Waals surface area contributed by atoms with Crippen molar-refractivity contribution in [1.29, 1.82) is 0 Å². The average Bonchev–Trinajstić information content (AvgIpc) is 2.74. The number of amides is 1. The first-order valence-corrected chi connectivity index (χ1v) is 10.1. The maximum Gasteiger partial charge on any atom is 0.397 e. The molecular weight excluding hydrogens is 413 g/mol. The molecule has 0 aliphatic carbocycles. The second-order valence-electron chi connectivity index (χ2n) is 7.31. The van der Waals surface area contributed by atoms with Crippen LogP contribution in [0.15, 0.2) is 54.6 Å². The summed E-state index contributed by atoms with van der Waals surface area (Å²) in [6.07, 6.45) is 0.417. The maximum absolute atomic E-state index is 13.1. The van der Waals surface area contributed by atoms with Crippen molar-refractivity contribution in [3.05, 3.63) is 82.7 Å². The molecule has 6 nitrogen and oxygen atoms in total. The number of nitrogens with one attached hydrogen (secondary N) is 1. The smallest absolute Gasteiger partial charge is 0.397 e. The minimum atomic E-state index is -0.944. The molecule has 0 bridgehead atoms. The third-order valence-electron chi connectivity index (χ3n) is 4.76. The van der Waals surface area contributed by atoms with E-state index in [0.717, 1.165) is 16.7 Å². The van der Waals surface area contributed by atoms with Crippen LogP contribution in [0.25, 0.3) is 0 Å². The van der Waals surface area contributed by atoms with Crippen molar-refractivity contribution in [2.45, 2.75) is 27.2 Å². The van der Waals surface area contributed by atoms with E-state index in [1.54, 1.807) is 49.4 Å². The van der Waals surface area contributed by atoms with E-state index in [-0.39, 0.29) is 18.2 Å². The van der Waals surface area contributed by atoms with E-state index in [2.05, 4.69) is 5.32 Å². The number of benzene rings is 3. The third-order valence-corrected chi connectivity index (χ3v) is 4.76. The summed E-state index contributed by atoms with van der Waals surface area (Å²) in [4.78, 5) is 23.4. The number of anilines is 1. The molecule has 0 heterocycles. The van der Waals surface area contributed by atoms with Crippen LogP contribution in [0.2, 0.25) is 0 Å². The molecule has 3 aromatic carbocycles. The summed E-state index contributed by atoms with van der Waals surface area (Å²) in [5, 5.41) is 12.7. The van der Waals surface area contributed by atoms with Gasteiger partial charge in [-0.3, -0.25) is 4.79 Å². The molecule has 3 aromatic rings. The predicted octanol–water partition coefficient (Wildman–Crippen LogP) is 5.03. The van der Waals surface area contributed by atoms with Crippen LogP contribution in [0.1, 0.15) is 29.2 Å². The summed E-state index contributed by atoms with van der Waals surface area (Å²) in [6, 6.07) is 14.4. The van der Waals surface area contributed by atoms with E-state index in [1.165, 1.54) is 12.1 Å². The van der Waals surface area contributed by atoms with Crippen molar-refractivity contribution in [3.8, 4) is 17.2 Å².